The first-order valence-electron chi connectivity index (χ1n) is 46.9. The van der Waals surface area contributed by atoms with Gasteiger partial charge in [-0.1, -0.05) is 385 Å². The molecule has 1 aliphatic rings. The fourth-order valence-corrected chi connectivity index (χ4v) is 14.9. The molecule has 27 heteroatoms. The summed E-state index contributed by atoms with van der Waals surface area (Å²) < 4.78 is 0. The van der Waals surface area contributed by atoms with Crippen LogP contribution in [-0.2, 0) is 49.9 Å². The molecule has 1 aliphatic carbocycles. The number of oxime groups is 7. The number of carbonyl (C=O) groups excluding carboxylic acids is 10. The summed E-state index contributed by atoms with van der Waals surface area (Å²) in [6.45, 7) is 9.04. The summed E-state index contributed by atoms with van der Waals surface area (Å²) in [4.78, 5) is 160. The quantitative estimate of drug-likeness (QED) is 0.00879. The molecular formula is C119H106N8O17S2. The highest BCUT2D eigenvalue weighted by atomic mass is 32.2. The standard InChI is InChI=1S/C28H20N2O4.C28H27NO4S.C22H25NO3S.C16H13NO2.C15H10N2O2.C10H11NO2/c31-27(23-17-9-3-10-18-23)33-29-25(21-13-5-1-6-14-21)26(22-15-7-2-8-16-22)30-34-28(32)24-19-11-4-12-20-24;1-2-3-4-11-16-25(29-33-28(32)27(31)21-12-7-5-8-13-21)26(30)22-17-19-24(20-18-22)34-23-14-9-6-10-15-23;1-3-4-5-9-12-21(23-26-17(2)24)22(25)18-13-15-20(16-14-18)27-19-10-7-6-8-11-19;18-16(13-7-2-1-3-8-13)19-17-15-11-10-12-6-4-5-9-14(12)15;16-11-14(12-7-3-1-4-8-12)17-19-15(18)13-9-5-2-6-10-13;1-8(2)11-13-10(12)9-6-4-3-5-7-9/h1-20H;5-10,12-15,17-20H,2-4,11,16H2,1H3;6-8,10-11,13-16H,3-5,9,12H2,1-2H3;1-9H,10-11H2;1-10H;3-7H,1-2H3/b29-25-,30-26-;29-25+;23-21+;17-15+;17-14+;. The molecule has 0 atom stereocenters. The van der Waals surface area contributed by atoms with Gasteiger partial charge in [-0.25, -0.2) is 33.6 Å². The number of benzene rings is 14. The Balaban J connectivity index is 0.000000184. The van der Waals surface area contributed by atoms with Crippen LogP contribution in [0.15, 0.2) is 462 Å². The fraction of sp³-hybridized carbons (Fsp3) is 0.143. The van der Waals surface area contributed by atoms with Gasteiger partial charge in [-0.2, -0.15) is 5.26 Å². The zero-order chi connectivity index (χ0) is 104. The maximum Gasteiger partial charge on any atom is 0.405 e. The van der Waals surface area contributed by atoms with E-state index in [1.54, 1.807) is 268 Å². The summed E-state index contributed by atoms with van der Waals surface area (Å²) >= 11 is 3.24. The van der Waals surface area contributed by atoms with Crippen LogP contribution in [0, 0.1) is 11.3 Å². The van der Waals surface area contributed by atoms with E-state index in [1.165, 1.54) is 24.6 Å². The highest BCUT2D eigenvalue weighted by molar-refractivity contribution is 7.99. The average Bonchev–Trinajstić information content (AvgIpc) is 1.52. The number of carbonyl (C=O) groups is 10. The molecule has 0 saturated heterocycles. The van der Waals surface area contributed by atoms with E-state index in [2.05, 4.69) is 60.8 Å². The van der Waals surface area contributed by atoms with Crippen molar-refractivity contribution in [1.29, 1.82) is 5.26 Å². The second-order valence-electron chi connectivity index (χ2n) is 31.9. The lowest BCUT2D eigenvalue weighted by molar-refractivity contribution is -0.141. The Morgan fingerprint density at radius 2 is 0.568 bits per heavy atom. The Bertz CT molecular complexity index is 6740. The maximum absolute atomic E-state index is 13.1. The Kier molecular flexibility index (Phi) is 47.1. The van der Waals surface area contributed by atoms with E-state index in [0.29, 0.717) is 79.9 Å². The molecule has 0 aliphatic heterocycles. The second-order valence-corrected chi connectivity index (χ2v) is 34.2. The monoisotopic (exact) mass is 1980 g/mol. The molecule has 0 fully saturated rings. The van der Waals surface area contributed by atoms with Gasteiger partial charge < -0.3 is 33.9 Å². The molecule has 0 spiro atoms. The molecule has 0 radical (unpaired) electrons. The lowest BCUT2D eigenvalue weighted by atomic mass is 10.00. The van der Waals surface area contributed by atoms with E-state index in [4.69, 9.17) is 34.3 Å². The van der Waals surface area contributed by atoms with Crippen molar-refractivity contribution in [3.8, 4) is 6.07 Å². The van der Waals surface area contributed by atoms with Crippen molar-refractivity contribution in [1.82, 2.24) is 0 Å². The summed E-state index contributed by atoms with van der Waals surface area (Å²) in [6.07, 6.45) is 10.5. The predicted octanol–water partition coefficient (Wildman–Crippen LogP) is 26.4. The number of ketones is 3. The summed E-state index contributed by atoms with van der Waals surface area (Å²) in [5.41, 5.74) is 10.1. The first kappa shape index (κ1) is 110. The minimum atomic E-state index is -1.11. The van der Waals surface area contributed by atoms with E-state index in [0.717, 1.165) is 95.1 Å². The van der Waals surface area contributed by atoms with Crippen molar-refractivity contribution in [3.63, 3.8) is 0 Å². The number of hydrogen-bond acceptors (Lipinski definition) is 27. The van der Waals surface area contributed by atoms with Crippen LogP contribution in [0.1, 0.15) is 216 Å². The van der Waals surface area contributed by atoms with Crippen LogP contribution in [0.2, 0.25) is 0 Å². The summed E-state index contributed by atoms with van der Waals surface area (Å²) in [6, 6.07) is 123. The molecule has 14 aromatic carbocycles. The van der Waals surface area contributed by atoms with Gasteiger partial charge in [0.15, 0.2) is 5.71 Å². The van der Waals surface area contributed by atoms with Gasteiger partial charge in [-0.05, 0) is 191 Å². The van der Waals surface area contributed by atoms with Gasteiger partial charge in [0.2, 0.25) is 11.6 Å². The number of nitriles is 1. The third-order valence-corrected chi connectivity index (χ3v) is 22.7. The van der Waals surface area contributed by atoms with Crippen molar-refractivity contribution in [2.45, 2.75) is 131 Å². The molecule has 0 bridgehead atoms. The highest BCUT2D eigenvalue weighted by Crippen LogP contribution is 2.31. The molecule has 0 amide bonds. The molecule has 0 aromatic heterocycles. The summed E-state index contributed by atoms with van der Waals surface area (Å²) in [7, 11) is 0. The van der Waals surface area contributed by atoms with Crippen LogP contribution in [0.3, 0.4) is 0 Å². The predicted molar refractivity (Wildman–Crippen MR) is 568 cm³/mol. The number of Topliss-reactive ketones (excluding diaryl/α,β-unsaturated/α-hetero) is 3. The second kappa shape index (κ2) is 62.4. The van der Waals surface area contributed by atoms with Crippen LogP contribution < -0.4 is 0 Å². The first-order chi connectivity index (χ1) is 71.2. The topological polar surface area (TPSA) is 346 Å². The number of rotatable bonds is 36. The number of hydrogen-bond donors (Lipinski definition) is 0. The van der Waals surface area contributed by atoms with Gasteiger partial charge in [0.1, 0.15) is 28.9 Å². The van der Waals surface area contributed by atoms with Crippen molar-refractivity contribution < 1.29 is 81.8 Å². The van der Waals surface area contributed by atoms with Crippen LogP contribution >= 0.6 is 23.5 Å². The molecule has 14 aromatic rings. The van der Waals surface area contributed by atoms with E-state index in [1.807, 2.05) is 164 Å². The minimum Gasteiger partial charge on any atom is -0.318 e. The molecule has 15 rings (SSSR count). The van der Waals surface area contributed by atoms with Crippen LogP contribution in [-0.4, -0.2) is 99.1 Å². The van der Waals surface area contributed by atoms with E-state index >= 15 is 0 Å². The minimum absolute atomic E-state index is 0.0601. The summed E-state index contributed by atoms with van der Waals surface area (Å²) in [5, 5.41) is 36.1. The van der Waals surface area contributed by atoms with E-state index in [-0.39, 0.29) is 40.0 Å². The van der Waals surface area contributed by atoms with Gasteiger partial charge in [0, 0.05) is 65.4 Å². The molecule has 0 N–H and O–H groups in total. The SMILES string of the molecule is CC(C)=NOC(=O)c1ccccc1.CCCCCC/C(=N\OC(=O)C(=O)c1ccccc1)C(=O)c1ccc(Sc2ccccc2)cc1.CCCCCC/C(=N\OC(C)=O)C(=O)c1ccc(Sc2ccccc2)cc1.N#C/C(=N\OC(=O)c1ccccc1)c1ccccc1.O=C(O/N=C(\C(=N/OC(=O)c1ccccc1)c1ccccc1)c1ccccc1)c1ccccc1.O=C(O/N=C1\CCc2ccccc21)c1ccccc1. The number of fused-ring (bicyclic) bond motifs is 1. The van der Waals surface area contributed by atoms with Crippen LogP contribution in [0.5, 0.6) is 0 Å². The smallest absolute Gasteiger partial charge is 0.318 e. The molecular weight excluding hydrogens is 1880 g/mol. The van der Waals surface area contributed by atoms with Gasteiger partial charge in [-0.15, -0.1) is 0 Å². The summed E-state index contributed by atoms with van der Waals surface area (Å²) in [5.74, 6) is -5.63. The first-order valence-corrected chi connectivity index (χ1v) is 48.6. The zero-order valence-electron chi connectivity index (χ0n) is 81.0. The Morgan fingerprint density at radius 3 is 0.918 bits per heavy atom. The molecule has 0 unspecified atom stereocenters. The molecule has 736 valence electrons. The Hall–Kier alpha value is -17.7. The van der Waals surface area contributed by atoms with Gasteiger partial charge in [0.05, 0.1) is 39.2 Å². The number of aryl methyl sites for hydroxylation is 1. The fourth-order valence-electron chi connectivity index (χ4n) is 13.3. The lowest BCUT2D eigenvalue weighted by Gasteiger charge is -2.10. The lowest BCUT2D eigenvalue weighted by Crippen LogP contribution is -2.20. The molecule has 25 nitrogen and oxygen atoms in total. The number of unbranched alkanes of at least 4 members (excludes halogenated alkanes) is 6. The van der Waals surface area contributed by atoms with E-state index < -0.39 is 47.6 Å². The molecule has 0 heterocycles. The van der Waals surface area contributed by atoms with Gasteiger partial charge in [-0.3, -0.25) is 14.4 Å². The largest absolute Gasteiger partial charge is 0.405 e. The van der Waals surface area contributed by atoms with Crippen molar-refractivity contribution in [2.75, 3.05) is 0 Å². The zero-order valence-corrected chi connectivity index (χ0v) is 82.6. The van der Waals surface area contributed by atoms with Crippen LogP contribution in [0.4, 0.5) is 0 Å². The van der Waals surface area contributed by atoms with E-state index in [9.17, 15) is 47.9 Å². The van der Waals surface area contributed by atoms with Crippen LogP contribution in [0.25, 0.3) is 0 Å². The van der Waals surface area contributed by atoms with Gasteiger partial charge in [0.25, 0.3) is 5.78 Å². The molecule has 146 heavy (non-hydrogen) atoms. The molecule has 0 saturated carbocycles. The number of nitrogens with zero attached hydrogens (tertiary/aromatic N) is 8. The normalized spacial score (nSPS) is 11.5. The Labute approximate surface area is 856 Å². The van der Waals surface area contributed by atoms with Crippen molar-refractivity contribution in [2.24, 2.45) is 36.1 Å². The third kappa shape index (κ3) is 38.4. The Morgan fingerprint density at radius 1 is 0.274 bits per heavy atom. The average molecular weight is 1980 g/mol. The maximum atomic E-state index is 13.1. The van der Waals surface area contributed by atoms with Crippen molar-refractivity contribution >= 4 is 123 Å². The highest BCUT2D eigenvalue weighted by Gasteiger charge is 2.25. The third-order valence-electron chi connectivity index (χ3n) is 20.7. The van der Waals surface area contributed by atoms with Crippen molar-refractivity contribution in [3.05, 3.63) is 479 Å². The van der Waals surface area contributed by atoms with Gasteiger partial charge >= 0.3 is 41.8 Å².